The molecule has 1 amide bonds. The van der Waals surface area contributed by atoms with Crippen molar-refractivity contribution in [1.29, 1.82) is 0 Å². The topological polar surface area (TPSA) is 73.1 Å². The van der Waals surface area contributed by atoms with E-state index in [-0.39, 0.29) is 5.91 Å². The van der Waals surface area contributed by atoms with Crippen LogP contribution in [-0.4, -0.2) is 52.2 Å². The Kier molecular flexibility index (Phi) is 5.52. The summed E-state index contributed by atoms with van der Waals surface area (Å²) in [6, 6.07) is 17.0. The fourth-order valence-electron chi connectivity index (χ4n) is 2.37. The van der Waals surface area contributed by atoms with Crippen LogP contribution in [0, 0.1) is 0 Å². The second-order valence-corrected chi connectivity index (χ2v) is 6.78. The first-order valence-electron chi connectivity index (χ1n) is 7.95. The van der Waals surface area contributed by atoms with Gasteiger partial charge in [0.1, 0.15) is 11.0 Å². The van der Waals surface area contributed by atoms with E-state index in [1.165, 1.54) is 11.8 Å². The Bertz CT molecular complexity index is 865. The molecule has 26 heavy (non-hydrogen) atoms. The molecule has 0 saturated carbocycles. The molecule has 0 saturated heterocycles. The van der Waals surface area contributed by atoms with Gasteiger partial charge in [-0.05, 0) is 40.3 Å². The first-order valence-corrected chi connectivity index (χ1v) is 8.83. The fraction of sp³-hybridized carbons (Fsp3) is 0.222. The van der Waals surface area contributed by atoms with E-state index in [2.05, 4.69) is 15.5 Å². The number of amides is 1. The summed E-state index contributed by atoms with van der Waals surface area (Å²) in [6.07, 6.45) is 0. The summed E-state index contributed by atoms with van der Waals surface area (Å²) in [7, 11) is 5.10. The zero-order valence-electron chi connectivity index (χ0n) is 14.7. The van der Waals surface area contributed by atoms with Crippen LogP contribution in [-0.2, 0) is 4.79 Å². The van der Waals surface area contributed by atoms with Gasteiger partial charge in [0.15, 0.2) is 0 Å². The maximum Gasteiger partial charge on any atom is 0.240 e. The van der Waals surface area contributed by atoms with Gasteiger partial charge >= 0.3 is 0 Å². The van der Waals surface area contributed by atoms with Crippen LogP contribution in [0.15, 0.2) is 59.8 Å². The molecular formula is C18H19N5O2S. The highest BCUT2D eigenvalue weighted by Gasteiger charge is 2.26. The van der Waals surface area contributed by atoms with Crippen LogP contribution in [0.25, 0.3) is 5.69 Å². The van der Waals surface area contributed by atoms with Crippen molar-refractivity contribution in [3.63, 3.8) is 0 Å². The molecule has 1 aromatic heterocycles. The van der Waals surface area contributed by atoms with Crippen molar-refractivity contribution in [3.05, 3.63) is 60.2 Å². The van der Waals surface area contributed by atoms with Gasteiger partial charge in [-0.2, -0.15) is 4.68 Å². The molecule has 0 N–H and O–H groups in total. The van der Waals surface area contributed by atoms with Crippen molar-refractivity contribution in [2.24, 2.45) is 0 Å². The number of tetrazole rings is 1. The number of hydrogen-bond donors (Lipinski definition) is 0. The minimum atomic E-state index is -0.436. The molecule has 0 unspecified atom stereocenters. The van der Waals surface area contributed by atoms with Crippen molar-refractivity contribution < 1.29 is 9.53 Å². The monoisotopic (exact) mass is 369 g/mol. The number of ether oxygens (including phenoxy) is 1. The number of carbonyl (C=O) groups excluding carboxylic acids is 1. The first-order chi connectivity index (χ1) is 12.6. The Balaban J connectivity index is 1.93. The van der Waals surface area contributed by atoms with Crippen molar-refractivity contribution in [2.45, 2.75) is 10.4 Å². The van der Waals surface area contributed by atoms with E-state index in [9.17, 15) is 4.79 Å². The zero-order chi connectivity index (χ0) is 18.5. The number of aromatic nitrogens is 4. The lowest BCUT2D eigenvalue weighted by Gasteiger charge is -2.20. The molecule has 134 valence electrons. The normalized spacial score (nSPS) is 11.8. The van der Waals surface area contributed by atoms with Crippen LogP contribution in [0.5, 0.6) is 5.75 Å². The summed E-state index contributed by atoms with van der Waals surface area (Å²) < 4.78 is 6.79. The molecule has 8 heteroatoms. The van der Waals surface area contributed by atoms with Gasteiger partial charge in [0.2, 0.25) is 11.1 Å². The molecular weight excluding hydrogens is 350 g/mol. The Labute approximate surface area is 156 Å². The molecule has 3 rings (SSSR count). The second kappa shape index (κ2) is 8.01. The van der Waals surface area contributed by atoms with Gasteiger partial charge in [-0.15, -0.1) is 5.10 Å². The second-order valence-electron chi connectivity index (χ2n) is 5.71. The number of benzene rings is 2. The molecule has 1 atom stereocenters. The van der Waals surface area contributed by atoms with E-state index in [4.69, 9.17) is 4.74 Å². The van der Waals surface area contributed by atoms with Crippen LogP contribution < -0.4 is 4.74 Å². The average molecular weight is 369 g/mol. The van der Waals surface area contributed by atoms with E-state index in [0.717, 1.165) is 17.0 Å². The maximum atomic E-state index is 12.7. The molecule has 7 nitrogen and oxygen atoms in total. The van der Waals surface area contributed by atoms with E-state index in [1.54, 1.807) is 30.8 Å². The highest BCUT2D eigenvalue weighted by atomic mass is 32.2. The van der Waals surface area contributed by atoms with Crippen LogP contribution in [0.4, 0.5) is 0 Å². The van der Waals surface area contributed by atoms with E-state index < -0.39 is 5.25 Å². The quantitative estimate of drug-likeness (QED) is 0.622. The molecule has 0 aliphatic rings. The van der Waals surface area contributed by atoms with Gasteiger partial charge in [0.05, 0.1) is 12.8 Å². The van der Waals surface area contributed by atoms with Crippen LogP contribution in [0.1, 0.15) is 10.8 Å². The van der Waals surface area contributed by atoms with Gasteiger partial charge in [-0.25, -0.2) is 0 Å². The minimum Gasteiger partial charge on any atom is -0.497 e. The highest BCUT2D eigenvalue weighted by molar-refractivity contribution is 8.00. The molecule has 0 aliphatic heterocycles. The van der Waals surface area contributed by atoms with Crippen molar-refractivity contribution in [2.75, 3.05) is 21.2 Å². The molecule has 0 spiro atoms. The Morgan fingerprint density at radius 3 is 2.42 bits per heavy atom. The van der Waals surface area contributed by atoms with E-state index >= 15 is 0 Å². The number of nitrogens with zero attached hydrogens (tertiary/aromatic N) is 5. The third-order valence-electron chi connectivity index (χ3n) is 3.75. The zero-order valence-corrected chi connectivity index (χ0v) is 15.6. The van der Waals surface area contributed by atoms with Gasteiger partial charge < -0.3 is 9.64 Å². The third-order valence-corrected chi connectivity index (χ3v) is 4.92. The Morgan fingerprint density at radius 2 is 1.81 bits per heavy atom. The SMILES string of the molecule is COc1ccc(-n2nnnc2S[C@H](C(=O)N(C)C)c2ccccc2)cc1. The lowest BCUT2D eigenvalue weighted by Crippen LogP contribution is -2.27. The van der Waals surface area contributed by atoms with Crippen LogP contribution >= 0.6 is 11.8 Å². The molecule has 0 radical (unpaired) electrons. The number of carbonyl (C=O) groups is 1. The van der Waals surface area contributed by atoms with Gasteiger partial charge in [-0.3, -0.25) is 4.79 Å². The summed E-state index contributed by atoms with van der Waals surface area (Å²) in [6.45, 7) is 0. The summed E-state index contributed by atoms with van der Waals surface area (Å²) >= 11 is 1.32. The minimum absolute atomic E-state index is 0.0227. The summed E-state index contributed by atoms with van der Waals surface area (Å²) in [5.41, 5.74) is 1.70. The van der Waals surface area contributed by atoms with Crippen LogP contribution in [0.3, 0.4) is 0 Å². The number of methoxy groups -OCH3 is 1. The molecule has 1 heterocycles. The fourth-order valence-corrected chi connectivity index (χ4v) is 3.51. The van der Waals surface area contributed by atoms with Crippen molar-refractivity contribution in [1.82, 2.24) is 25.1 Å². The van der Waals surface area contributed by atoms with Crippen LogP contribution in [0.2, 0.25) is 0 Å². The molecule has 2 aromatic carbocycles. The first kappa shape index (κ1) is 17.9. The van der Waals surface area contributed by atoms with E-state index in [1.807, 2.05) is 54.6 Å². The Hall–Kier alpha value is -2.87. The lowest BCUT2D eigenvalue weighted by atomic mass is 10.1. The van der Waals surface area contributed by atoms with Crippen molar-refractivity contribution in [3.8, 4) is 11.4 Å². The number of thioether (sulfide) groups is 1. The predicted molar refractivity (Wildman–Crippen MR) is 99.4 cm³/mol. The summed E-state index contributed by atoms with van der Waals surface area (Å²) in [5.74, 6) is 0.728. The summed E-state index contributed by atoms with van der Waals surface area (Å²) in [5, 5.41) is 12.0. The number of rotatable bonds is 6. The lowest BCUT2D eigenvalue weighted by molar-refractivity contribution is -0.128. The van der Waals surface area contributed by atoms with Gasteiger partial charge in [0.25, 0.3) is 0 Å². The number of likely N-dealkylation sites (N-methyl/N-ethyl adjacent to an activating group) is 1. The standard InChI is InChI=1S/C18H19N5O2S/c1-22(2)17(24)16(13-7-5-4-6-8-13)26-18-19-20-21-23(18)14-9-11-15(25-3)12-10-14/h4-12,16H,1-3H3/t16-/m0/s1. The van der Waals surface area contributed by atoms with Gasteiger partial charge in [0, 0.05) is 14.1 Å². The summed E-state index contributed by atoms with van der Waals surface area (Å²) in [4.78, 5) is 14.3. The molecule has 3 aromatic rings. The Morgan fingerprint density at radius 1 is 1.12 bits per heavy atom. The maximum absolute atomic E-state index is 12.7. The third kappa shape index (κ3) is 3.85. The average Bonchev–Trinajstić information content (AvgIpc) is 3.14. The van der Waals surface area contributed by atoms with E-state index in [0.29, 0.717) is 5.16 Å². The number of hydrogen-bond acceptors (Lipinski definition) is 6. The molecule has 0 fully saturated rings. The largest absolute Gasteiger partial charge is 0.497 e. The highest BCUT2D eigenvalue weighted by Crippen LogP contribution is 2.35. The predicted octanol–water partition coefficient (Wildman–Crippen LogP) is 2.59. The van der Waals surface area contributed by atoms with Crippen molar-refractivity contribution >= 4 is 17.7 Å². The molecule has 0 aliphatic carbocycles. The molecule has 0 bridgehead atoms. The van der Waals surface area contributed by atoms with Gasteiger partial charge in [-0.1, -0.05) is 42.1 Å². The smallest absolute Gasteiger partial charge is 0.240 e.